The Morgan fingerprint density at radius 2 is 1.31 bits per heavy atom. The Morgan fingerprint density at radius 1 is 0.846 bits per heavy atom. The highest BCUT2D eigenvalue weighted by atomic mass is 32.2. The van der Waals surface area contributed by atoms with Gasteiger partial charge in [-0.25, -0.2) is 8.42 Å². The van der Waals surface area contributed by atoms with Crippen LogP contribution >= 0.6 is 0 Å². The molecular formula is C18H23N3O4S. The smallest absolute Gasteiger partial charge is 0.178 e. The maximum absolute atomic E-state index is 11.8. The predicted molar refractivity (Wildman–Crippen MR) is 101 cm³/mol. The highest BCUT2D eigenvalue weighted by Crippen LogP contribution is 2.23. The zero-order valence-electron chi connectivity index (χ0n) is 14.6. The Balaban J connectivity index is 2.08. The van der Waals surface area contributed by atoms with E-state index in [4.69, 9.17) is 10.2 Å². The maximum Gasteiger partial charge on any atom is 0.178 e. The molecule has 0 unspecified atom stereocenters. The summed E-state index contributed by atoms with van der Waals surface area (Å²) >= 11 is 0. The van der Waals surface area contributed by atoms with E-state index in [0.29, 0.717) is 24.5 Å². The Morgan fingerprint density at radius 3 is 1.73 bits per heavy atom. The third kappa shape index (κ3) is 5.35. The van der Waals surface area contributed by atoms with Crippen molar-refractivity contribution in [2.45, 2.75) is 11.8 Å². The molecule has 0 spiro atoms. The molecular weight excluding hydrogens is 354 g/mol. The molecule has 0 fully saturated rings. The molecule has 2 aromatic rings. The number of aliphatic hydroxyl groups is 2. The monoisotopic (exact) mass is 377 g/mol. The van der Waals surface area contributed by atoms with Crippen molar-refractivity contribution in [3.8, 4) is 0 Å². The van der Waals surface area contributed by atoms with Crippen LogP contribution in [0.25, 0.3) is 0 Å². The number of benzene rings is 2. The lowest BCUT2D eigenvalue weighted by Gasteiger charge is -2.22. The van der Waals surface area contributed by atoms with Gasteiger partial charge in [0.1, 0.15) is 0 Å². The molecule has 0 aliphatic rings. The number of azo groups is 1. The lowest BCUT2D eigenvalue weighted by molar-refractivity contribution is 0.281. The molecule has 2 rings (SSSR count). The van der Waals surface area contributed by atoms with E-state index < -0.39 is 9.84 Å². The van der Waals surface area contributed by atoms with Gasteiger partial charge in [0.15, 0.2) is 9.84 Å². The summed E-state index contributed by atoms with van der Waals surface area (Å²) in [6, 6.07) is 13.5. The maximum atomic E-state index is 11.8. The topological polar surface area (TPSA) is 103 Å². The summed E-state index contributed by atoms with van der Waals surface area (Å²) in [6.07, 6.45) is 0. The highest BCUT2D eigenvalue weighted by molar-refractivity contribution is 7.91. The van der Waals surface area contributed by atoms with Crippen LogP contribution in [-0.2, 0) is 9.84 Å². The van der Waals surface area contributed by atoms with Gasteiger partial charge in [-0.1, -0.05) is 6.92 Å². The minimum atomic E-state index is -3.22. The van der Waals surface area contributed by atoms with Crippen LogP contribution in [0.15, 0.2) is 63.7 Å². The van der Waals surface area contributed by atoms with Crippen LogP contribution in [0.2, 0.25) is 0 Å². The minimum absolute atomic E-state index is 0.00517. The average molecular weight is 377 g/mol. The summed E-state index contributed by atoms with van der Waals surface area (Å²) in [5, 5.41) is 26.4. The lowest BCUT2D eigenvalue weighted by atomic mass is 10.2. The molecule has 0 aromatic heterocycles. The van der Waals surface area contributed by atoms with Gasteiger partial charge in [-0.2, -0.15) is 10.2 Å². The Kier molecular flexibility index (Phi) is 7.26. The molecule has 0 aliphatic heterocycles. The molecule has 140 valence electrons. The fraction of sp³-hybridized carbons (Fsp3) is 0.333. The number of sulfone groups is 1. The molecule has 0 radical (unpaired) electrons. The van der Waals surface area contributed by atoms with Crippen LogP contribution in [0.5, 0.6) is 0 Å². The first-order valence-corrected chi connectivity index (χ1v) is 9.96. The zero-order chi connectivity index (χ0) is 19.0. The quantitative estimate of drug-likeness (QED) is 0.654. The summed E-state index contributed by atoms with van der Waals surface area (Å²) in [7, 11) is -3.22. The standard InChI is InChI=1S/C18H23N3O4S/c1-2-26(24,25)18-9-5-16(6-10-18)20-19-15-3-7-17(8-4-15)21(11-13-22)12-14-23/h3-10,22-23H,2,11-14H2,1H3. The molecule has 0 aliphatic carbocycles. The lowest BCUT2D eigenvalue weighted by Crippen LogP contribution is -2.29. The molecule has 0 saturated carbocycles. The zero-order valence-corrected chi connectivity index (χ0v) is 15.4. The SMILES string of the molecule is CCS(=O)(=O)c1ccc(N=Nc2ccc(N(CCO)CCO)cc2)cc1. The summed E-state index contributed by atoms with van der Waals surface area (Å²) in [4.78, 5) is 2.14. The van der Waals surface area contributed by atoms with E-state index in [1.807, 2.05) is 17.0 Å². The average Bonchev–Trinajstić information content (AvgIpc) is 2.67. The summed E-state index contributed by atoms with van der Waals surface area (Å²) in [5.74, 6) is 0.0593. The van der Waals surface area contributed by atoms with Crippen molar-refractivity contribution >= 4 is 26.9 Å². The van der Waals surface area contributed by atoms with Gasteiger partial charge >= 0.3 is 0 Å². The number of rotatable bonds is 9. The Bertz CT molecular complexity index is 813. The van der Waals surface area contributed by atoms with Crippen LogP contribution in [0, 0.1) is 0 Å². The molecule has 0 bridgehead atoms. The first-order valence-electron chi connectivity index (χ1n) is 8.31. The van der Waals surface area contributed by atoms with Crippen molar-refractivity contribution in [2.24, 2.45) is 10.2 Å². The van der Waals surface area contributed by atoms with Gasteiger partial charge in [0.25, 0.3) is 0 Å². The van der Waals surface area contributed by atoms with Crippen LogP contribution < -0.4 is 4.90 Å². The predicted octanol–water partition coefficient (Wildman–Crippen LogP) is 2.69. The largest absolute Gasteiger partial charge is 0.395 e. The third-order valence-corrected chi connectivity index (χ3v) is 5.56. The van der Waals surface area contributed by atoms with E-state index >= 15 is 0 Å². The minimum Gasteiger partial charge on any atom is -0.395 e. The first-order chi connectivity index (χ1) is 12.5. The van der Waals surface area contributed by atoms with Crippen molar-refractivity contribution in [3.05, 3.63) is 48.5 Å². The van der Waals surface area contributed by atoms with Gasteiger partial charge in [0.2, 0.25) is 0 Å². The summed E-state index contributed by atoms with van der Waals surface area (Å²) in [5.41, 5.74) is 2.08. The summed E-state index contributed by atoms with van der Waals surface area (Å²) < 4.78 is 23.6. The van der Waals surface area contributed by atoms with Crippen molar-refractivity contribution in [2.75, 3.05) is 37.0 Å². The normalized spacial score (nSPS) is 11.8. The van der Waals surface area contributed by atoms with Crippen LogP contribution in [0.3, 0.4) is 0 Å². The highest BCUT2D eigenvalue weighted by Gasteiger charge is 2.10. The molecule has 0 heterocycles. The van der Waals surface area contributed by atoms with Crippen LogP contribution in [0.4, 0.5) is 17.1 Å². The molecule has 26 heavy (non-hydrogen) atoms. The van der Waals surface area contributed by atoms with Gasteiger partial charge in [0, 0.05) is 18.8 Å². The second kappa shape index (κ2) is 9.42. The van der Waals surface area contributed by atoms with Crippen molar-refractivity contribution in [1.29, 1.82) is 0 Å². The van der Waals surface area contributed by atoms with Gasteiger partial charge in [-0.15, -0.1) is 0 Å². The molecule has 7 nitrogen and oxygen atoms in total. The van der Waals surface area contributed by atoms with E-state index in [1.54, 1.807) is 31.2 Å². The number of hydrogen-bond donors (Lipinski definition) is 2. The fourth-order valence-electron chi connectivity index (χ4n) is 2.34. The van der Waals surface area contributed by atoms with Gasteiger partial charge in [-0.05, 0) is 48.5 Å². The van der Waals surface area contributed by atoms with Crippen molar-refractivity contribution in [3.63, 3.8) is 0 Å². The van der Waals surface area contributed by atoms with Crippen molar-refractivity contribution < 1.29 is 18.6 Å². The van der Waals surface area contributed by atoms with E-state index in [2.05, 4.69) is 10.2 Å². The van der Waals surface area contributed by atoms with E-state index in [-0.39, 0.29) is 23.9 Å². The van der Waals surface area contributed by atoms with Crippen molar-refractivity contribution in [1.82, 2.24) is 0 Å². The molecule has 8 heteroatoms. The molecule has 0 amide bonds. The second-order valence-corrected chi connectivity index (χ2v) is 7.83. The van der Waals surface area contributed by atoms with E-state index in [1.165, 1.54) is 12.1 Å². The van der Waals surface area contributed by atoms with E-state index in [9.17, 15) is 8.42 Å². The fourth-order valence-corrected chi connectivity index (χ4v) is 3.23. The number of aliphatic hydroxyl groups excluding tert-OH is 2. The van der Waals surface area contributed by atoms with Crippen LogP contribution in [0.1, 0.15) is 6.92 Å². The van der Waals surface area contributed by atoms with E-state index in [0.717, 1.165) is 5.69 Å². The number of anilines is 1. The van der Waals surface area contributed by atoms with Gasteiger partial charge < -0.3 is 15.1 Å². The van der Waals surface area contributed by atoms with Crippen LogP contribution in [-0.4, -0.2) is 50.7 Å². The molecule has 2 aromatic carbocycles. The molecule has 2 N–H and O–H groups in total. The Labute approximate surface area is 153 Å². The third-order valence-electron chi connectivity index (χ3n) is 3.81. The van der Waals surface area contributed by atoms with Gasteiger partial charge in [-0.3, -0.25) is 0 Å². The van der Waals surface area contributed by atoms with Gasteiger partial charge in [0.05, 0.1) is 35.2 Å². The number of nitrogens with zero attached hydrogens (tertiary/aromatic N) is 3. The number of hydrogen-bond acceptors (Lipinski definition) is 7. The first kappa shape index (κ1) is 20.0. The Hall–Kier alpha value is -2.29. The molecule has 0 saturated heterocycles. The molecule has 0 atom stereocenters. The second-order valence-electron chi connectivity index (χ2n) is 5.55. The summed E-state index contributed by atoms with van der Waals surface area (Å²) in [6.45, 7) is 2.49.